The molecule has 1 atom stereocenters. The van der Waals surface area contributed by atoms with Crippen LogP contribution in [-0.2, 0) is 15.1 Å². The normalized spacial score (nSPS) is 14.0. The lowest BCUT2D eigenvalue weighted by Crippen LogP contribution is -2.48. The summed E-state index contributed by atoms with van der Waals surface area (Å²) < 4.78 is 35.3. The van der Waals surface area contributed by atoms with Crippen molar-refractivity contribution in [2.45, 2.75) is 52.4 Å². The highest BCUT2D eigenvalue weighted by Gasteiger charge is 2.39. The minimum Gasteiger partial charge on any atom is -0.444 e. The summed E-state index contributed by atoms with van der Waals surface area (Å²) in [5.74, 6) is -0.127. The van der Waals surface area contributed by atoms with E-state index in [0.717, 1.165) is 4.90 Å². The monoisotopic (exact) mass is 343 g/mol. The molecule has 0 bridgehead atoms. The van der Waals surface area contributed by atoms with Crippen LogP contribution >= 0.6 is 0 Å². The Balaban J connectivity index is 3.36. The van der Waals surface area contributed by atoms with E-state index >= 15 is 0 Å². The summed E-state index contributed by atoms with van der Waals surface area (Å²) in [6, 6.07) is 4.66. The Morgan fingerprint density at radius 2 is 1.83 bits per heavy atom. The zero-order chi connectivity index (χ0) is 18.7. The average molecular weight is 343 g/mol. The van der Waals surface area contributed by atoms with Gasteiger partial charge in [-0.25, -0.2) is 4.79 Å². The number of halogens is 2. The summed E-state index contributed by atoms with van der Waals surface area (Å²) in [6.45, 7) is 5.04. The van der Waals surface area contributed by atoms with Crippen LogP contribution in [0.15, 0.2) is 18.2 Å². The van der Waals surface area contributed by atoms with Gasteiger partial charge in [0, 0.05) is 12.6 Å². The van der Waals surface area contributed by atoms with Gasteiger partial charge in [0.05, 0.1) is 0 Å². The second-order valence-corrected chi connectivity index (χ2v) is 6.63. The minimum absolute atomic E-state index is 0.127. The van der Waals surface area contributed by atoms with Crippen LogP contribution in [0.2, 0.25) is 0 Å². The molecule has 0 aromatic heterocycles. The Kier molecular flexibility index (Phi) is 5.92. The fraction of sp³-hybridized carbons (Fsp3) is 0.529. The Labute approximate surface area is 140 Å². The number of benzene rings is 1. The zero-order valence-corrected chi connectivity index (χ0v) is 14.7. The van der Waals surface area contributed by atoms with E-state index in [1.807, 2.05) is 0 Å². The van der Waals surface area contributed by atoms with Crippen molar-refractivity contribution in [3.05, 3.63) is 29.3 Å². The summed E-state index contributed by atoms with van der Waals surface area (Å²) in [7, 11) is 1.37. The van der Waals surface area contributed by atoms with Crippen LogP contribution in [0.1, 0.15) is 38.8 Å². The van der Waals surface area contributed by atoms with Crippen molar-refractivity contribution < 1.29 is 27.8 Å². The largest absolute Gasteiger partial charge is 0.444 e. The quantitative estimate of drug-likeness (QED) is 0.762. The third-order valence-corrected chi connectivity index (χ3v) is 3.56. The molecule has 24 heavy (non-hydrogen) atoms. The second-order valence-electron chi connectivity index (χ2n) is 6.63. The van der Waals surface area contributed by atoms with Gasteiger partial charge in [-0.05, 0) is 40.2 Å². The number of hydrogen-bond donors (Lipinski definition) is 0. The highest BCUT2D eigenvalue weighted by atomic mass is 19.3. The summed E-state index contributed by atoms with van der Waals surface area (Å²) in [5.41, 5.74) is -1.70. The molecule has 0 fully saturated rings. The molecule has 1 aromatic rings. The lowest BCUT2D eigenvalue weighted by atomic mass is 9.90. The van der Waals surface area contributed by atoms with Crippen molar-refractivity contribution in [1.82, 2.24) is 4.90 Å². The molecular weight excluding hydrogens is 320 g/mol. The minimum atomic E-state index is -3.05. The molecule has 0 radical (unpaired) electrons. The van der Waals surface area contributed by atoms with Crippen molar-refractivity contribution >= 4 is 12.4 Å². The van der Waals surface area contributed by atoms with E-state index in [1.165, 1.54) is 20.0 Å². The predicted octanol–water partition coefficient (Wildman–Crippen LogP) is 3.88. The molecule has 0 aliphatic rings. The molecular formula is C17H23F2NO4. The van der Waals surface area contributed by atoms with Gasteiger partial charge in [-0.3, -0.25) is 4.90 Å². The average Bonchev–Trinajstić information content (AvgIpc) is 2.45. The molecule has 0 aliphatic carbocycles. The van der Waals surface area contributed by atoms with Crippen LogP contribution in [0, 0.1) is 6.92 Å². The number of alkyl halides is 2. The number of aryl methyl sites for hydroxylation is 1. The third kappa shape index (κ3) is 4.43. The zero-order valence-electron chi connectivity index (χ0n) is 14.7. The first-order valence-corrected chi connectivity index (χ1v) is 7.40. The van der Waals surface area contributed by atoms with Crippen LogP contribution in [0.3, 0.4) is 0 Å². The first kappa shape index (κ1) is 19.9. The molecule has 1 unspecified atom stereocenters. The van der Waals surface area contributed by atoms with Crippen molar-refractivity contribution in [3.8, 4) is 5.75 Å². The van der Waals surface area contributed by atoms with Crippen LogP contribution in [0.25, 0.3) is 0 Å². The van der Waals surface area contributed by atoms with Gasteiger partial charge in [-0.15, -0.1) is 0 Å². The number of carbonyl (C=O) groups excluding carboxylic acids is 2. The third-order valence-electron chi connectivity index (χ3n) is 3.56. The summed E-state index contributed by atoms with van der Waals surface area (Å²) in [6.07, 6.45) is -0.245. The van der Waals surface area contributed by atoms with Gasteiger partial charge in [0.1, 0.15) is 23.2 Å². The molecule has 0 saturated carbocycles. The molecule has 5 nitrogen and oxygen atoms in total. The van der Waals surface area contributed by atoms with E-state index < -0.39 is 23.8 Å². The van der Waals surface area contributed by atoms with Gasteiger partial charge < -0.3 is 14.3 Å². The van der Waals surface area contributed by atoms with E-state index in [-0.39, 0.29) is 11.3 Å². The maximum Gasteiger partial charge on any atom is 0.411 e. The number of aldehydes is 1. The topological polar surface area (TPSA) is 55.8 Å². The number of para-hydroxylation sites is 1. The van der Waals surface area contributed by atoms with Gasteiger partial charge >= 0.3 is 12.7 Å². The van der Waals surface area contributed by atoms with Gasteiger partial charge in [-0.2, -0.15) is 8.78 Å². The number of amides is 1. The van der Waals surface area contributed by atoms with E-state index in [2.05, 4.69) is 4.74 Å². The Bertz CT molecular complexity index is 613. The van der Waals surface area contributed by atoms with Crippen molar-refractivity contribution in [2.75, 3.05) is 7.05 Å². The lowest BCUT2D eigenvalue weighted by molar-refractivity contribution is -0.118. The van der Waals surface area contributed by atoms with Gasteiger partial charge in [-0.1, -0.05) is 18.2 Å². The summed E-state index contributed by atoms with van der Waals surface area (Å²) in [5, 5.41) is 0. The highest BCUT2D eigenvalue weighted by molar-refractivity contribution is 5.79. The standard InChI is InChI=1S/C17H23F2NO4/c1-11-8-7-9-12(13(11)23-14(18)19)17(5,10-21)20(6)15(22)24-16(2,3)4/h7-10,14H,1-6H3. The molecule has 0 saturated heterocycles. The number of nitrogens with zero attached hydrogens (tertiary/aromatic N) is 1. The van der Waals surface area contributed by atoms with Crippen LogP contribution in [0.4, 0.5) is 13.6 Å². The molecule has 0 heterocycles. The summed E-state index contributed by atoms with van der Waals surface area (Å²) >= 11 is 0. The maximum absolute atomic E-state index is 12.7. The second kappa shape index (κ2) is 7.15. The maximum atomic E-state index is 12.7. The molecule has 0 spiro atoms. The molecule has 1 rings (SSSR count). The van der Waals surface area contributed by atoms with Crippen molar-refractivity contribution in [2.24, 2.45) is 0 Å². The molecule has 1 aromatic carbocycles. The van der Waals surface area contributed by atoms with E-state index in [9.17, 15) is 18.4 Å². The van der Waals surface area contributed by atoms with E-state index in [1.54, 1.807) is 39.8 Å². The van der Waals surface area contributed by atoms with Crippen LogP contribution in [0.5, 0.6) is 5.75 Å². The first-order chi connectivity index (χ1) is 10.9. The number of rotatable bonds is 5. The smallest absolute Gasteiger partial charge is 0.411 e. The Morgan fingerprint density at radius 1 is 1.25 bits per heavy atom. The number of carbonyl (C=O) groups is 2. The molecule has 1 amide bonds. The van der Waals surface area contributed by atoms with Crippen molar-refractivity contribution in [1.29, 1.82) is 0 Å². The number of hydrogen-bond acceptors (Lipinski definition) is 4. The predicted molar refractivity (Wildman–Crippen MR) is 85.2 cm³/mol. The Morgan fingerprint density at radius 3 is 2.29 bits per heavy atom. The van der Waals surface area contributed by atoms with Gasteiger partial charge in [0.2, 0.25) is 0 Å². The number of ether oxygens (including phenoxy) is 2. The van der Waals surface area contributed by atoms with Crippen LogP contribution < -0.4 is 4.74 Å². The van der Waals surface area contributed by atoms with Gasteiger partial charge in [0.25, 0.3) is 0 Å². The van der Waals surface area contributed by atoms with E-state index in [0.29, 0.717) is 11.8 Å². The van der Waals surface area contributed by atoms with Gasteiger partial charge in [0.15, 0.2) is 0 Å². The molecule has 0 aliphatic heterocycles. The molecule has 134 valence electrons. The SMILES string of the molecule is Cc1cccc(C(C)(C=O)N(C)C(=O)OC(C)(C)C)c1OC(F)F. The molecule has 0 N–H and O–H groups in total. The lowest BCUT2D eigenvalue weighted by Gasteiger charge is -2.36. The fourth-order valence-electron chi connectivity index (χ4n) is 2.14. The number of likely N-dealkylation sites (N-methyl/N-ethyl adjacent to an activating group) is 1. The first-order valence-electron chi connectivity index (χ1n) is 7.40. The molecule has 7 heteroatoms. The Hall–Kier alpha value is -2.18. The van der Waals surface area contributed by atoms with E-state index in [4.69, 9.17) is 4.74 Å². The fourth-order valence-corrected chi connectivity index (χ4v) is 2.14. The van der Waals surface area contributed by atoms with Crippen LogP contribution in [-0.4, -0.2) is 36.5 Å². The van der Waals surface area contributed by atoms with Crippen molar-refractivity contribution in [3.63, 3.8) is 0 Å². The summed E-state index contributed by atoms with van der Waals surface area (Å²) in [4.78, 5) is 25.2. The highest BCUT2D eigenvalue weighted by Crippen LogP contribution is 2.36.